The summed E-state index contributed by atoms with van der Waals surface area (Å²) in [5.41, 5.74) is -0.356. The number of rotatable bonds is 4. The summed E-state index contributed by atoms with van der Waals surface area (Å²) in [5, 5.41) is 11.2. The van der Waals surface area contributed by atoms with Crippen molar-refractivity contribution in [2.24, 2.45) is 0 Å². The summed E-state index contributed by atoms with van der Waals surface area (Å²) >= 11 is 0. The second-order valence-electron chi connectivity index (χ2n) is 6.93. The van der Waals surface area contributed by atoms with Crippen LogP contribution in [0.15, 0.2) is 87.1 Å². The topological polar surface area (TPSA) is 83.9 Å². The second kappa shape index (κ2) is 6.94. The molecule has 0 radical (unpaired) electrons. The van der Waals surface area contributed by atoms with Crippen LogP contribution >= 0.6 is 0 Å². The number of aliphatic hydroxyl groups excluding tert-OH is 1. The Balaban J connectivity index is 1.67. The number of amides is 1. The van der Waals surface area contributed by atoms with Crippen LogP contribution in [0.3, 0.4) is 0 Å². The van der Waals surface area contributed by atoms with Gasteiger partial charge in [0.1, 0.15) is 29.0 Å². The highest BCUT2D eigenvalue weighted by atomic mass is 19.1. The number of ketones is 1. The van der Waals surface area contributed by atoms with Gasteiger partial charge < -0.3 is 13.9 Å². The first kappa shape index (κ1) is 18.8. The van der Waals surface area contributed by atoms with Crippen molar-refractivity contribution in [1.82, 2.24) is 0 Å². The number of halogens is 2. The number of fused-ring (bicyclic) bond motifs is 1. The van der Waals surface area contributed by atoms with Crippen LogP contribution in [0.25, 0.3) is 11.0 Å². The van der Waals surface area contributed by atoms with E-state index < -0.39 is 40.8 Å². The maximum atomic E-state index is 14.5. The highest BCUT2D eigenvalue weighted by Crippen LogP contribution is 2.43. The quantitative estimate of drug-likeness (QED) is 0.464. The SMILES string of the molecule is O=C(C1=C(O)C(=O)N(c2cc(F)ccc2F)C1c1ccco1)c1cc2ccccc2o1. The zero-order chi connectivity index (χ0) is 21.7. The number of aliphatic hydroxyl groups is 1. The largest absolute Gasteiger partial charge is 0.503 e. The van der Waals surface area contributed by atoms with Crippen LogP contribution in [0.5, 0.6) is 0 Å². The number of carbonyl (C=O) groups is 2. The lowest BCUT2D eigenvalue weighted by molar-refractivity contribution is -0.117. The zero-order valence-corrected chi connectivity index (χ0v) is 15.7. The van der Waals surface area contributed by atoms with Crippen molar-refractivity contribution >= 4 is 28.3 Å². The summed E-state index contributed by atoms with van der Waals surface area (Å²) in [4.78, 5) is 27.0. The molecule has 2 aromatic carbocycles. The molecule has 8 heteroatoms. The molecule has 1 amide bonds. The van der Waals surface area contributed by atoms with Gasteiger partial charge in [-0.3, -0.25) is 14.5 Å². The predicted molar refractivity (Wildman–Crippen MR) is 105 cm³/mol. The molecule has 4 aromatic rings. The molecule has 0 spiro atoms. The number of hydrogen-bond donors (Lipinski definition) is 1. The fourth-order valence-electron chi connectivity index (χ4n) is 3.70. The van der Waals surface area contributed by atoms with Crippen molar-refractivity contribution in [1.29, 1.82) is 0 Å². The molecule has 0 bridgehead atoms. The van der Waals surface area contributed by atoms with E-state index in [4.69, 9.17) is 8.83 Å². The van der Waals surface area contributed by atoms with E-state index >= 15 is 0 Å². The highest BCUT2D eigenvalue weighted by molar-refractivity contribution is 6.20. The van der Waals surface area contributed by atoms with E-state index in [1.165, 1.54) is 24.5 Å². The Labute approximate surface area is 173 Å². The van der Waals surface area contributed by atoms with Crippen LogP contribution in [0.4, 0.5) is 14.5 Å². The first-order valence-electron chi connectivity index (χ1n) is 9.24. The highest BCUT2D eigenvalue weighted by Gasteiger charge is 2.47. The van der Waals surface area contributed by atoms with Gasteiger partial charge in [0.05, 0.1) is 17.5 Å². The van der Waals surface area contributed by atoms with Crippen molar-refractivity contribution < 1.29 is 32.3 Å². The Kier molecular flexibility index (Phi) is 4.21. The number of anilines is 1. The standard InChI is InChI=1S/C23H13F2NO5/c24-13-7-8-14(25)15(11-13)26-20(17-6-3-9-30-17)19(22(28)23(26)29)21(27)18-10-12-4-1-2-5-16(12)31-18/h1-11,20,28H. The molecule has 2 aromatic heterocycles. The Morgan fingerprint density at radius 3 is 2.58 bits per heavy atom. The molecule has 6 nitrogen and oxygen atoms in total. The van der Waals surface area contributed by atoms with Crippen LogP contribution in [-0.4, -0.2) is 16.8 Å². The zero-order valence-electron chi connectivity index (χ0n) is 15.7. The Hall–Kier alpha value is -4.20. The van der Waals surface area contributed by atoms with Crippen molar-refractivity contribution in [2.45, 2.75) is 6.04 Å². The molecule has 31 heavy (non-hydrogen) atoms. The van der Waals surface area contributed by atoms with Gasteiger partial charge in [0, 0.05) is 11.5 Å². The van der Waals surface area contributed by atoms with Crippen LogP contribution in [-0.2, 0) is 4.79 Å². The molecular formula is C23H13F2NO5. The van der Waals surface area contributed by atoms with Gasteiger partial charge in [-0.2, -0.15) is 0 Å². The smallest absolute Gasteiger partial charge is 0.294 e. The van der Waals surface area contributed by atoms with Crippen molar-refractivity contribution in [3.05, 3.63) is 101 Å². The molecule has 1 aliphatic rings. The number of furan rings is 2. The molecule has 5 rings (SSSR count). The summed E-state index contributed by atoms with van der Waals surface area (Å²) in [6.07, 6.45) is 1.30. The number of benzene rings is 2. The molecular weight excluding hydrogens is 408 g/mol. The number of carbonyl (C=O) groups excluding carboxylic acids is 2. The van der Waals surface area contributed by atoms with E-state index in [1.807, 2.05) is 0 Å². The summed E-state index contributed by atoms with van der Waals surface area (Å²) in [5.74, 6) is -4.46. The number of hydrogen-bond acceptors (Lipinski definition) is 5. The van der Waals surface area contributed by atoms with Crippen LogP contribution in [0.1, 0.15) is 22.4 Å². The van der Waals surface area contributed by atoms with Crippen molar-refractivity contribution in [3.8, 4) is 0 Å². The molecule has 0 aliphatic carbocycles. The van der Waals surface area contributed by atoms with E-state index in [2.05, 4.69) is 0 Å². The third-order valence-corrected chi connectivity index (χ3v) is 5.08. The van der Waals surface area contributed by atoms with Gasteiger partial charge in [-0.15, -0.1) is 0 Å². The third-order valence-electron chi connectivity index (χ3n) is 5.08. The average Bonchev–Trinajstić information content (AvgIpc) is 3.48. The van der Waals surface area contributed by atoms with E-state index in [1.54, 1.807) is 24.3 Å². The number of para-hydroxylation sites is 1. The minimum absolute atomic E-state index is 0.0838. The molecule has 1 atom stereocenters. The minimum Gasteiger partial charge on any atom is -0.503 e. The van der Waals surface area contributed by atoms with Crippen molar-refractivity contribution in [3.63, 3.8) is 0 Å². The van der Waals surface area contributed by atoms with E-state index in [-0.39, 0.29) is 17.1 Å². The third kappa shape index (κ3) is 2.92. The first-order valence-corrected chi connectivity index (χ1v) is 9.24. The summed E-state index contributed by atoms with van der Waals surface area (Å²) < 4.78 is 39.3. The lowest BCUT2D eigenvalue weighted by Gasteiger charge is -2.25. The lowest BCUT2D eigenvalue weighted by atomic mass is 9.99. The molecule has 1 aliphatic heterocycles. The molecule has 1 unspecified atom stereocenters. The Morgan fingerprint density at radius 2 is 1.84 bits per heavy atom. The van der Waals surface area contributed by atoms with E-state index in [9.17, 15) is 23.5 Å². The summed E-state index contributed by atoms with van der Waals surface area (Å²) in [7, 11) is 0. The monoisotopic (exact) mass is 421 g/mol. The predicted octanol–water partition coefficient (Wildman–Crippen LogP) is 5.09. The van der Waals surface area contributed by atoms with Crippen LogP contribution in [0, 0.1) is 11.6 Å². The molecule has 0 saturated carbocycles. The maximum Gasteiger partial charge on any atom is 0.294 e. The summed E-state index contributed by atoms with van der Waals surface area (Å²) in [6.45, 7) is 0. The maximum absolute atomic E-state index is 14.5. The van der Waals surface area contributed by atoms with E-state index in [0.717, 1.165) is 23.1 Å². The average molecular weight is 421 g/mol. The normalized spacial score (nSPS) is 16.5. The van der Waals surface area contributed by atoms with Crippen LogP contribution < -0.4 is 4.90 Å². The molecule has 0 fully saturated rings. The fourth-order valence-corrected chi connectivity index (χ4v) is 3.70. The lowest BCUT2D eigenvalue weighted by Crippen LogP contribution is -2.31. The molecule has 154 valence electrons. The first-order chi connectivity index (χ1) is 15.0. The Morgan fingerprint density at radius 1 is 1.03 bits per heavy atom. The van der Waals surface area contributed by atoms with Gasteiger partial charge in [-0.25, -0.2) is 8.78 Å². The van der Waals surface area contributed by atoms with Gasteiger partial charge in [0.2, 0.25) is 5.78 Å². The van der Waals surface area contributed by atoms with Gasteiger partial charge in [-0.1, -0.05) is 18.2 Å². The molecule has 1 N–H and O–H groups in total. The fraction of sp³-hybridized carbons (Fsp3) is 0.0435. The van der Waals surface area contributed by atoms with Crippen LogP contribution in [0.2, 0.25) is 0 Å². The minimum atomic E-state index is -1.32. The van der Waals surface area contributed by atoms with Gasteiger partial charge in [-0.05, 0) is 36.4 Å². The molecule has 3 heterocycles. The molecule has 0 saturated heterocycles. The number of Topliss-reactive ketones (excluding diaryl/α,β-unsaturated/α-hetero) is 1. The van der Waals surface area contributed by atoms with Gasteiger partial charge >= 0.3 is 0 Å². The van der Waals surface area contributed by atoms with Crippen molar-refractivity contribution in [2.75, 3.05) is 4.90 Å². The second-order valence-corrected chi connectivity index (χ2v) is 6.93. The summed E-state index contributed by atoms with van der Waals surface area (Å²) in [6, 6.07) is 12.6. The number of nitrogens with zero attached hydrogens (tertiary/aromatic N) is 1. The van der Waals surface area contributed by atoms with Gasteiger partial charge in [0.25, 0.3) is 5.91 Å². The Bertz CT molecular complexity index is 1340. The van der Waals surface area contributed by atoms with E-state index in [0.29, 0.717) is 11.0 Å². The van der Waals surface area contributed by atoms with Gasteiger partial charge in [0.15, 0.2) is 11.5 Å².